The van der Waals surface area contributed by atoms with Crippen molar-refractivity contribution < 1.29 is 24.6 Å². The number of thioether (sulfide) groups is 1. The molecule has 0 aliphatic carbocycles. The highest BCUT2D eigenvalue weighted by Crippen LogP contribution is 2.09. The topological polar surface area (TPSA) is 142 Å². The molecule has 0 rings (SSSR count). The van der Waals surface area contributed by atoms with Crippen LogP contribution in [0.3, 0.4) is 0 Å². The van der Waals surface area contributed by atoms with Gasteiger partial charge in [0.2, 0.25) is 11.8 Å². The predicted molar refractivity (Wildman–Crippen MR) is 93.6 cm³/mol. The van der Waals surface area contributed by atoms with E-state index in [9.17, 15) is 24.6 Å². The molecule has 6 N–H and O–H groups in total. The third-order valence-corrected chi connectivity index (χ3v) is 4.49. The Balaban J connectivity index is 5.04. The van der Waals surface area contributed by atoms with Crippen LogP contribution in [0, 0.1) is 5.92 Å². The first-order chi connectivity index (χ1) is 11.1. The van der Waals surface area contributed by atoms with Gasteiger partial charge in [0.05, 0.1) is 6.10 Å². The Morgan fingerprint density at radius 2 is 1.75 bits per heavy atom. The van der Waals surface area contributed by atoms with Crippen molar-refractivity contribution in [3.8, 4) is 0 Å². The highest BCUT2D eigenvalue weighted by atomic mass is 32.2. The molecule has 0 unspecified atom stereocenters. The summed E-state index contributed by atoms with van der Waals surface area (Å²) in [5.74, 6) is -1.98. The zero-order valence-corrected chi connectivity index (χ0v) is 15.4. The highest BCUT2D eigenvalue weighted by molar-refractivity contribution is 7.98. The summed E-state index contributed by atoms with van der Waals surface area (Å²) >= 11 is 1.50. The maximum atomic E-state index is 12.4. The van der Waals surface area contributed by atoms with E-state index in [-0.39, 0.29) is 5.92 Å². The quantitative estimate of drug-likeness (QED) is 0.334. The molecule has 5 atom stereocenters. The molecule has 24 heavy (non-hydrogen) atoms. The third-order valence-electron chi connectivity index (χ3n) is 3.84. The number of carbonyl (C=O) groups excluding carboxylic acids is 2. The molecule has 0 aliphatic rings. The van der Waals surface area contributed by atoms with Gasteiger partial charge < -0.3 is 26.6 Å². The molecule has 0 bridgehead atoms. The van der Waals surface area contributed by atoms with Gasteiger partial charge in [0, 0.05) is 0 Å². The Bertz CT molecular complexity index is 433. The van der Waals surface area contributed by atoms with Gasteiger partial charge in [0.25, 0.3) is 0 Å². The lowest BCUT2D eigenvalue weighted by atomic mass is 9.98. The second-order valence-corrected chi connectivity index (χ2v) is 6.80. The third kappa shape index (κ3) is 7.50. The Morgan fingerprint density at radius 3 is 2.17 bits per heavy atom. The summed E-state index contributed by atoms with van der Waals surface area (Å²) in [6, 6.07) is -3.08. The number of carboxylic acids is 1. The van der Waals surface area contributed by atoms with Crippen molar-refractivity contribution >= 4 is 29.5 Å². The van der Waals surface area contributed by atoms with E-state index in [1.54, 1.807) is 6.92 Å². The summed E-state index contributed by atoms with van der Waals surface area (Å²) in [4.78, 5) is 35.7. The first kappa shape index (κ1) is 22.7. The number of carboxylic acid groups (broad SMARTS) is 1. The average Bonchev–Trinajstić information content (AvgIpc) is 2.53. The maximum Gasteiger partial charge on any atom is 0.326 e. The van der Waals surface area contributed by atoms with Crippen LogP contribution in [0.15, 0.2) is 0 Å². The van der Waals surface area contributed by atoms with Crippen molar-refractivity contribution in [1.82, 2.24) is 10.6 Å². The molecule has 0 saturated heterocycles. The number of aliphatic hydroxyl groups is 1. The van der Waals surface area contributed by atoms with Gasteiger partial charge in [0.15, 0.2) is 0 Å². The first-order valence-corrected chi connectivity index (χ1v) is 9.31. The molecule has 0 aromatic rings. The van der Waals surface area contributed by atoms with E-state index in [0.717, 1.165) is 0 Å². The summed E-state index contributed by atoms with van der Waals surface area (Å²) < 4.78 is 0. The second kappa shape index (κ2) is 11.3. The van der Waals surface area contributed by atoms with E-state index < -0.39 is 42.0 Å². The fourth-order valence-corrected chi connectivity index (χ4v) is 2.40. The van der Waals surface area contributed by atoms with E-state index in [1.807, 2.05) is 13.2 Å². The van der Waals surface area contributed by atoms with Gasteiger partial charge in [0.1, 0.15) is 18.1 Å². The van der Waals surface area contributed by atoms with Crippen LogP contribution < -0.4 is 16.4 Å². The summed E-state index contributed by atoms with van der Waals surface area (Å²) in [5.41, 5.74) is 5.56. The second-order valence-electron chi connectivity index (χ2n) is 5.82. The number of hydrogen-bond acceptors (Lipinski definition) is 6. The van der Waals surface area contributed by atoms with Crippen molar-refractivity contribution in [3.63, 3.8) is 0 Å². The van der Waals surface area contributed by atoms with Gasteiger partial charge in [-0.05, 0) is 31.3 Å². The lowest BCUT2D eigenvalue weighted by Gasteiger charge is -2.25. The number of carbonyl (C=O) groups is 3. The normalized spacial score (nSPS) is 17.2. The van der Waals surface area contributed by atoms with E-state index in [0.29, 0.717) is 18.6 Å². The molecule has 0 saturated carbocycles. The number of nitrogens with two attached hydrogens (primary N) is 1. The van der Waals surface area contributed by atoms with E-state index in [4.69, 9.17) is 5.73 Å². The monoisotopic (exact) mass is 363 g/mol. The largest absolute Gasteiger partial charge is 0.480 e. The fraction of sp³-hybridized carbons (Fsp3) is 0.800. The van der Waals surface area contributed by atoms with Crippen molar-refractivity contribution in [2.24, 2.45) is 11.7 Å². The number of nitrogens with one attached hydrogen (secondary N) is 2. The van der Waals surface area contributed by atoms with Crippen molar-refractivity contribution in [2.45, 2.75) is 57.8 Å². The minimum atomic E-state index is -1.15. The maximum absolute atomic E-state index is 12.4. The molecule has 0 aromatic heterocycles. The van der Waals surface area contributed by atoms with E-state index in [2.05, 4.69) is 10.6 Å². The van der Waals surface area contributed by atoms with Gasteiger partial charge in [-0.3, -0.25) is 9.59 Å². The first-order valence-electron chi connectivity index (χ1n) is 7.91. The van der Waals surface area contributed by atoms with Crippen molar-refractivity contribution in [3.05, 3.63) is 0 Å². The molecule has 140 valence electrons. The van der Waals surface area contributed by atoms with E-state index >= 15 is 0 Å². The molecule has 0 aliphatic heterocycles. The minimum absolute atomic E-state index is 0.247. The predicted octanol–water partition coefficient (Wildman–Crippen LogP) is -0.452. The standard InChI is InChI=1S/C15H29N3O5S/c1-5-8(2)12(15(22)23)18-13(20)10(6-7-24-4)17-14(21)11(16)9(3)19/h8-12,19H,5-7,16H2,1-4H3,(H,17,21)(H,18,20)(H,22,23)/t8-,9+,10-,11-,12-/m0/s1. The number of rotatable bonds is 11. The Labute approximate surface area is 146 Å². The van der Waals surface area contributed by atoms with Gasteiger partial charge in [-0.25, -0.2) is 4.79 Å². The van der Waals surface area contributed by atoms with Crippen LogP contribution in [0.2, 0.25) is 0 Å². The van der Waals surface area contributed by atoms with Gasteiger partial charge >= 0.3 is 5.97 Å². The Morgan fingerprint density at radius 1 is 1.17 bits per heavy atom. The number of hydrogen-bond donors (Lipinski definition) is 5. The molecule has 0 heterocycles. The lowest BCUT2D eigenvalue weighted by Crippen LogP contribution is -2.57. The number of amides is 2. The molecule has 0 radical (unpaired) electrons. The smallest absolute Gasteiger partial charge is 0.326 e. The number of aliphatic carboxylic acids is 1. The zero-order chi connectivity index (χ0) is 18.9. The highest BCUT2D eigenvalue weighted by Gasteiger charge is 2.30. The van der Waals surface area contributed by atoms with Gasteiger partial charge in [-0.1, -0.05) is 20.3 Å². The fourth-order valence-electron chi connectivity index (χ4n) is 1.93. The van der Waals surface area contributed by atoms with E-state index in [1.165, 1.54) is 18.7 Å². The van der Waals surface area contributed by atoms with Crippen LogP contribution >= 0.6 is 11.8 Å². The van der Waals surface area contributed by atoms with Crippen LogP contribution in [0.25, 0.3) is 0 Å². The SMILES string of the molecule is CC[C@H](C)[C@H](NC(=O)[C@H](CCSC)NC(=O)[C@@H](N)[C@@H](C)O)C(=O)O. The Kier molecular flexibility index (Phi) is 10.7. The zero-order valence-electron chi connectivity index (χ0n) is 14.6. The molecule has 0 aromatic carbocycles. The summed E-state index contributed by atoms with van der Waals surface area (Å²) in [6.07, 6.45) is 1.72. The Hall–Kier alpha value is -1.32. The van der Waals surface area contributed by atoms with Crippen LogP contribution in [0.1, 0.15) is 33.6 Å². The molecule has 2 amide bonds. The minimum Gasteiger partial charge on any atom is -0.480 e. The van der Waals surface area contributed by atoms with Crippen LogP contribution in [-0.4, -0.2) is 64.2 Å². The molecule has 0 spiro atoms. The van der Waals surface area contributed by atoms with Crippen LogP contribution in [-0.2, 0) is 14.4 Å². The molecule has 9 heteroatoms. The van der Waals surface area contributed by atoms with Gasteiger partial charge in [-0.2, -0.15) is 11.8 Å². The molecular formula is C15H29N3O5S. The summed E-state index contributed by atoms with van der Waals surface area (Å²) in [7, 11) is 0. The summed E-state index contributed by atoms with van der Waals surface area (Å²) in [6.45, 7) is 4.95. The molecule has 8 nitrogen and oxygen atoms in total. The molecular weight excluding hydrogens is 334 g/mol. The van der Waals surface area contributed by atoms with Crippen molar-refractivity contribution in [1.29, 1.82) is 0 Å². The molecule has 0 fully saturated rings. The number of aliphatic hydroxyl groups excluding tert-OH is 1. The van der Waals surface area contributed by atoms with Crippen LogP contribution in [0.4, 0.5) is 0 Å². The summed E-state index contributed by atoms with van der Waals surface area (Å²) in [5, 5.41) is 23.6. The van der Waals surface area contributed by atoms with Gasteiger partial charge in [-0.15, -0.1) is 0 Å². The average molecular weight is 363 g/mol. The van der Waals surface area contributed by atoms with Crippen molar-refractivity contribution in [2.75, 3.05) is 12.0 Å². The lowest BCUT2D eigenvalue weighted by molar-refractivity contribution is -0.143. The van der Waals surface area contributed by atoms with Crippen LogP contribution in [0.5, 0.6) is 0 Å².